The quantitative estimate of drug-likeness (QED) is 0.366. The lowest BCUT2D eigenvalue weighted by molar-refractivity contribution is 0.416. The van der Waals surface area contributed by atoms with Crippen LogP contribution in [0.1, 0.15) is 23.5 Å². The SMILES string of the molecule is c1ccc(C(n2cccn2)n2cccn2)c(-c2ccccc2C(n2cccn2)n2cccn2)c1. The molecule has 0 fully saturated rings. The Morgan fingerprint density at radius 1 is 0.412 bits per heavy atom. The molecule has 2 aromatic carbocycles. The summed E-state index contributed by atoms with van der Waals surface area (Å²) in [5.41, 5.74) is 4.36. The van der Waals surface area contributed by atoms with Crippen LogP contribution in [0.15, 0.2) is 122 Å². The molecule has 0 aliphatic heterocycles. The number of hydrogen-bond acceptors (Lipinski definition) is 4. The Kier molecular flexibility index (Phi) is 5.08. The van der Waals surface area contributed by atoms with Crippen molar-refractivity contribution in [3.8, 4) is 11.1 Å². The van der Waals surface area contributed by atoms with Gasteiger partial charge < -0.3 is 0 Å². The van der Waals surface area contributed by atoms with E-state index in [1.165, 1.54) is 0 Å². The summed E-state index contributed by atoms with van der Waals surface area (Å²) in [6.45, 7) is 0. The maximum Gasteiger partial charge on any atom is 0.169 e. The minimum Gasteiger partial charge on any atom is -0.244 e. The van der Waals surface area contributed by atoms with E-state index >= 15 is 0 Å². The molecular weight excluding hydrogens is 424 g/mol. The molecule has 0 bridgehead atoms. The van der Waals surface area contributed by atoms with E-state index in [0.717, 1.165) is 22.3 Å². The van der Waals surface area contributed by atoms with E-state index < -0.39 is 0 Å². The molecule has 0 radical (unpaired) electrons. The van der Waals surface area contributed by atoms with Crippen molar-refractivity contribution in [2.24, 2.45) is 0 Å². The van der Waals surface area contributed by atoms with Crippen molar-refractivity contribution in [3.63, 3.8) is 0 Å². The predicted molar refractivity (Wildman–Crippen MR) is 128 cm³/mol. The molecule has 34 heavy (non-hydrogen) atoms. The second-order valence-electron chi connectivity index (χ2n) is 7.87. The summed E-state index contributed by atoms with van der Waals surface area (Å²) in [5, 5.41) is 18.2. The Labute approximate surface area is 196 Å². The Morgan fingerprint density at radius 2 is 0.735 bits per heavy atom. The highest BCUT2D eigenvalue weighted by Gasteiger charge is 2.25. The van der Waals surface area contributed by atoms with Crippen LogP contribution >= 0.6 is 0 Å². The highest BCUT2D eigenvalue weighted by atomic mass is 15.4. The van der Waals surface area contributed by atoms with Gasteiger partial charge in [-0.1, -0.05) is 48.5 Å². The lowest BCUT2D eigenvalue weighted by atomic mass is 9.92. The Balaban J connectivity index is 1.56. The minimum atomic E-state index is -0.234. The first-order chi connectivity index (χ1) is 16.9. The Bertz CT molecular complexity index is 1270. The van der Waals surface area contributed by atoms with Crippen LogP contribution in [0.2, 0.25) is 0 Å². The van der Waals surface area contributed by atoms with Crippen molar-refractivity contribution < 1.29 is 0 Å². The summed E-state index contributed by atoms with van der Waals surface area (Å²) in [7, 11) is 0. The molecule has 0 saturated carbocycles. The van der Waals surface area contributed by atoms with E-state index in [9.17, 15) is 0 Å². The average Bonchev–Trinajstić information content (AvgIpc) is 3.70. The topological polar surface area (TPSA) is 71.3 Å². The summed E-state index contributed by atoms with van der Waals surface area (Å²) < 4.78 is 7.69. The maximum absolute atomic E-state index is 4.55. The molecule has 4 heterocycles. The van der Waals surface area contributed by atoms with Crippen molar-refractivity contribution in [1.82, 2.24) is 39.1 Å². The third-order valence-corrected chi connectivity index (χ3v) is 5.87. The molecule has 0 aliphatic carbocycles. The van der Waals surface area contributed by atoms with Gasteiger partial charge >= 0.3 is 0 Å². The molecule has 8 heteroatoms. The summed E-state index contributed by atoms with van der Waals surface area (Å²) in [6, 6.07) is 24.5. The van der Waals surface area contributed by atoms with Crippen molar-refractivity contribution in [3.05, 3.63) is 133 Å². The minimum absolute atomic E-state index is 0.234. The van der Waals surface area contributed by atoms with E-state index in [0.29, 0.717) is 0 Å². The fourth-order valence-electron chi connectivity index (χ4n) is 4.45. The van der Waals surface area contributed by atoms with Gasteiger partial charge in [0.15, 0.2) is 12.3 Å². The number of nitrogens with zero attached hydrogens (tertiary/aromatic N) is 8. The molecule has 6 aromatic rings. The van der Waals surface area contributed by atoms with Crippen LogP contribution in [0.4, 0.5) is 0 Å². The Hall–Kier alpha value is -4.72. The zero-order valence-corrected chi connectivity index (χ0v) is 18.3. The lowest BCUT2D eigenvalue weighted by Gasteiger charge is -2.25. The van der Waals surface area contributed by atoms with E-state index in [1.54, 1.807) is 24.8 Å². The van der Waals surface area contributed by atoms with Crippen molar-refractivity contribution >= 4 is 0 Å². The number of aromatic nitrogens is 8. The zero-order valence-electron chi connectivity index (χ0n) is 18.3. The molecule has 0 unspecified atom stereocenters. The second-order valence-corrected chi connectivity index (χ2v) is 7.87. The van der Waals surface area contributed by atoms with Gasteiger partial charge in [-0.25, -0.2) is 18.7 Å². The van der Waals surface area contributed by atoms with Crippen molar-refractivity contribution in [2.45, 2.75) is 12.3 Å². The van der Waals surface area contributed by atoms with E-state index in [-0.39, 0.29) is 12.3 Å². The first-order valence-electron chi connectivity index (χ1n) is 11.0. The fraction of sp³-hybridized carbons (Fsp3) is 0.0769. The maximum atomic E-state index is 4.55. The van der Waals surface area contributed by atoms with Gasteiger partial charge in [0, 0.05) is 60.7 Å². The summed E-state index contributed by atoms with van der Waals surface area (Å²) >= 11 is 0. The normalized spacial score (nSPS) is 11.5. The van der Waals surface area contributed by atoms with E-state index in [2.05, 4.69) is 68.9 Å². The molecule has 0 aliphatic rings. The molecule has 0 atom stereocenters. The summed E-state index contributed by atoms with van der Waals surface area (Å²) in [4.78, 5) is 0. The molecule has 166 valence electrons. The molecular formula is C26H22N8. The zero-order chi connectivity index (χ0) is 22.7. The molecule has 0 amide bonds. The fourth-order valence-corrected chi connectivity index (χ4v) is 4.45. The summed E-state index contributed by atoms with van der Waals surface area (Å²) in [6.07, 6.45) is 14.5. The highest BCUT2D eigenvalue weighted by molar-refractivity contribution is 5.72. The van der Waals surface area contributed by atoms with Gasteiger partial charge in [0.05, 0.1) is 0 Å². The van der Waals surface area contributed by atoms with E-state index in [1.807, 2.05) is 67.8 Å². The highest BCUT2D eigenvalue weighted by Crippen LogP contribution is 2.36. The van der Waals surface area contributed by atoms with Gasteiger partial charge in [0.25, 0.3) is 0 Å². The van der Waals surface area contributed by atoms with Crippen molar-refractivity contribution in [2.75, 3.05) is 0 Å². The standard InChI is InChI=1S/C26H22N8/c1-3-11-23(25(31-17-5-13-27-31)32-18-6-14-28-32)21(9-1)22-10-2-4-12-24(22)26(33-19-7-15-29-33)34-20-8-16-30-34/h1-20,25-26H. The van der Waals surface area contributed by atoms with E-state index in [4.69, 9.17) is 0 Å². The van der Waals surface area contributed by atoms with Gasteiger partial charge in [-0.15, -0.1) is 0 Å². The van der Waals surface area contributed by atoms with Crippen LogP contribution in [0, 0.1) is 0 Å². The van der Waals surface area contributed by atoms with Crippen LogP contribution in [0.3, 0.4) is 0 Å². The number of hydrogen-bond donors (Lipinski definition) is 0. The summed E-state index contributed by atoms with van der Waals surface area (Å²) in [5.74, 6) is 0. The molecule has 6 rings (SSSR count). The van der Waals surface area contributed by atoms with Crippen LogP contribution in [-0.4, -0.2) is 39.1 Å². The van der Waals surface area contributed by atoms with Gasteiger partial charge in [-0.05, 0) is 35.4 Å². The van der Waals surface area contributed by atoms with Crippen LogP contribution in [0.25, 0.3) is 11.1 Å². The molecule has 0 N–H and O–H groups in total. The average molecular weight is 447 g/mol. The predicted octanol–water partition coefficient (Wildman–Crippen LogP) is 4.33. The number of rotatable bonds is 7. The third-order valence-electron chi connectivity index (χ3n) is 5.87. The molecule has 4 aromatic heterocycles. The van der Waals surface area contributed by atoms with Crippen molar-refractivity contribution in [1.29, 1.82) is 0 Å². The number of benzene rings is 2. The smallest absolute Gasteiger partial charge is 0.169 e. The Morgan fingerprint density at radius 3 is 1.03 bits per heavy atom. The monoisotopic (exact) mass is 446 g/mol. The molecule has 0 spiro atoms. The molecule has 8 nitrogen and oxygen atoms in total. The van der Waals surface area contributed by atoms with Gasteiger partial charge in [-0.3, -0.25) is 0 Å². The largest absolute Gasteiger partial charge is 0.244 e. The van der Waals surface area contributed by atoms with Crippen LogP contribution < -0.4 is 0 Å². The van der Waals surface area contributed by atoms with Gasteiger partial charge in [0.2, 0.25) is 0 Å². The van der Waals surface area contributed by atoms with Gasteiger partial charge in [-0.2, -0.15) is 20.4 Å². The van der Waals surface area contributed by atoms with Gasteiger partial charge in [0.1, 0.15) is 0 Å². The van der Waals surface area contributed by atoms with Crippen LogP contribution in [-0.2, 0) is 0 Å². The third kappa shape index (κ3) is 3.51. The second kappa shape index (κ2) is 8.67. The van der Waals surface area contributed by atoms with Crippen LogP contribution in [0.5, 0.6) is 0 Å². The molecule has 0 saturated heterocycles. The first kappa shape index (κ1) is 19.9. The first-order valence-corrected chi connectivity index (χ1v) is 11.0. The lowest BCUT2D eigenvalue weighted by Crippen LogP contribution is -2.23.